The van der Waals surface area contributed by atoms with Crippen LogP contribution in [0.1, 0.15) is 48.9 Å². The first-order valence-electron chi connectivity index (χ1n) is 9.22. The average Bonchev–Trinajstić information content (AvgIpc) is 2.65. The summed E-state index contributed by atoms with van der Waals surface area (Å²) in [4.78, 5) is 18.5. The second-order valence-corrected chi connectivity index (χ2v) is 6.93. The van der Waals surface area contributed by atoms with Crippen molar-refractivity contribution in [2.24, 2.45) is 0 Å². The molecule has 134 valence electrons. The summed E-state index contributed by atoms with van der Waals surface area (Å²) in [5, 5.41) is 13.4. The van der Waals surface area contributed by atoms with Crippen molar-refractivity contribution >= 4 is 22.7 Å². The van der Waals surface area contributed by atoms with Crippen molar-refractivity contribution in [2.45, 2.75) is 44.6 Å². The molecule has 0 bridgehead atoms. The highest BCUT2D eigenvalue weighted by atomic mass is 16.4. The van der Waals surface area contributed by atoms with Crippen molar-refractivity contribution in [2.75, 3.05) is 25.5 Å². The Balaban J connectivity index is 1.57. The highest BCUT2D eigenvalue weighted by Crippen LogP contribution is 2.22. The van der Waals surface area contributed by atoms with Crippen molar-refractivity contribution < 1.29 is 9.90 Å². The van der Waals surface area contributed by atoms with Gasteiger partial charge >= 0.3 is 5.97 Å². The zero-order chi connectivity index (χ0) is 17.6. The second kappa shape index (κ2) is 8.30. The molecule has 0 aliphatic heterocycles. The number of anilines is 1. The Morgan fingerprint density at radius 3 is 2.80 bits per heavy atom. The van der Waals surface area contributed by atoms with Gasteiger partial charge in [0, 0.05) is 18.0 Å². The van der Waals surface area contributed by atoms with E-state index >= 15 is 0 Å². The summed E-state index contributed by atoms with van der Waals surface area (Å²) < 4.78 is 0. The first kappa shape index (κ1) is 17.7. The van der Waals surface area contributed by atoms with Crippen LogP contribution in [0.2, 0.25) is 0 Å². The summed E-state index contributed by atoms with van der Waals surface area (Å²) in [7, 11) is 2.22. The minimum Gasteiger partial charge on any atom is -0.478 e. The minimum atomic E-state index is -0.918. The van der Waals surface area contributed by atoms with E-state index in [9.17, 15) is 9.90 Å². The Labute approximate surface area is 149 Å². The molecule has 0 unspecified atom stereocenters. The van der Waals surface area contributed by atoms with E-state index in [1.54, 1.807) is 12.1 Å². The molecule has 25 heavy (non-hydrogen) atoms. The van der Waals surface area contributed by atoms with Crippen LogP contribution in [0.15, 0.2) is 30.3 Å². The molecule has 0 atom stereocenters. The van der Waals surface area contributed by atoms with E-state index in [4.69, 9.17) is 0 Å². The molecule has 3 rings (SSSR count). The van der Waals surface area contributed by atoms with Gasteiger partial charge in [0.05, 0.1) is 11.1 Å². The van der Waals surface area contributed by atoms with Gasteiger partial charge < -0.3 is 15.3 Å². The molecule has 2 aromatic rings. The number of carbonyl (C=O) groups is 1. The van der Waals surface area contributed by atoms with E-state index in [0.717, 1.165) is 25.6 Å². The Morgan fingerprint density at radius 2 is 2.04 bits per heavy atom. The minimum absolute atomic E-state index is 0.299. The van der Waals surface area contributed by atoms with Crippen LogP contribution < -0.4 is 5.32 Å². The van der Waals surface area contributed by atoms with Gasteiger partial charge in [0.2, 0.25) is 0 Å². The number of nitrogens with zero attached hydrogens (tertiary/aromatic N) is 2. The van der Waals surface area contributed by atoms with E-state index in [1.165, 1.54) is 32.1 Å². The topological polar surface area (TPSA) is 65.5 Å². The van der Waals surface area contributed by atoms with Crippen molar-refractivity contribution in [3.05, 3.63) is 35.9 Å². The molecule has 1 aliphatic rings. The molecule has 1 aromatic heterocycles. The van der Waals surface area contributed by atoms with Crippen LogP contribution >= 0.6 is 0 Å². The van der Waals surface area contributed by atoms with Gasteiger partial charge in [0.25, 0.3) is 0 Å². The lowest BCUT2D eigenvalue weighted by atomic mass is 9.94. The zero-order valence-electron chi connectivity index (χ0n) is 14.9. The van der Waals surface area contributed by atoms with Crippen molar-refractivity contribution in [1.29, 1.82) is 0 Å². The van der Waals surface area contributed by atoms with E-state index in [0.29, 0.717) is 22.3 Å². The molecule has 0 spiro atoms. The molecule has 0 saturated heterocycles. The largest absolute Gasteiger partial charge is 0.478 e. The number of pyridine rings is 1. The van der Waals surface area contributed by atoms with E-state index in [2.05, 4.69) is 22.2 Å². The van der Waals surface area contributed by atoms with E-state index in [1.807, 2.05) is 18.2 Å². The standard InChI is InChI=1S/C20H27N3O2/c1-23(15-8-3-2-4-9-15)13-7-12-21-19-14-17(20(24)25)16-10-5-6-11-18(16)22-19/h5-6,10-11,14-15H,2-4,7-9,12-13H2,1H3,(H,21,22)(H,24,25). The van der Waals surface area contributed by atoms with Crippen molar-refractivity contribution in [3.63, 3.8) is 0 Å². The van der Waals surface area contributed by atoms with Crippen LogP contribution in [0.4, 0.5) is 5.82 Å². The van der Waals surface area contributed by atoms with Gasteiger partial charge in [-0.25, -0.2) is 9.78 Å². The van der Waals surface area contributed by atoms with Gasteiger partial charge in [-0.1, -0.05) is 37.5 Å². The summed E-state index contributed by atoms with van der Waals surface area (Å²) in [5.74, 6) is -0.282. The molecular weight excluding hydrogens is 314 g/mol. The molecule has 5 nitrogen and oxygen atoms in total. The maximum absolute atomic E-state index is 11.5. The van der Waals surface area contributed by atoms with Crippen LogP contribution in [0, 0.1) is 0 Å². The summed E-state index contributed by atoms with van der Waals surface area (Å²) in [6.45, 7) is 1.85. The number of hydrogen-bond donors (Lipinski definition) is 2. The Bertz CT molecular complexity index is 726. The van der Waals surface area contributed by atoms with Crippen molar-refractivity contribution in [1.82, 2.24) is 9.88 Å². The number of aromatic nitrogens is 1. The molecular formula is C20H27N3O2. The van der Waals surface area contributed by atoms with Crippen molar-refractivity contribution in [3.8, 4) is 0 Å². The molecule has 2 N–H and O–H groups in total. The lowest BCUT2D eigenvalue weighted by Crippen LogP contribution is -2.34. The number of carboxylic acid groups (broad SMARTS) is 1. The fourth-order valence-electron chi connectivity index (χ4n) is 3.69. The maximum atomic E-state index is 11.5. The van der Waals surface area contributed by atoms with Gasteiger partial charge in [-0.3, -0.25) is 0 Å². The second-order valence-electron chi connectivity index (χ2n) is 6.93. The van der Waals surface area contributed by atoms with Crippen LogP contribution in [-0.2, 0) is 0 Å². The van der Waals surface area contributed by atoms with Gasteiger partial charge in [0.1, 0.15) is 5.82 Å². The third kappa shape index (κ3) is 4.48. The number of rotatable bonds is 7. The number of hydrogen-bond acceptors (Lipinski definition) is 4. The monoisotopic (exact) mass is 341 g/mol. The summed E-state index contributed by atoms with van der Waals surface area (Å²) in [6, 6.07) is 9.73. The number of benzene rings is 1. The number of nitrogens with one attached hydrogen (secondary N) is 1. The SMILES string of the molecule is CN(CCCNc1cc(C(=O)O)c2ccccc2n1)C1CCCCC1. The first-order valence-corrected chi connectivity index (χ1v) is 9.22. The quantitative estimate of drug-likeness (QED) is 0.745. The van der Waals surface area contributed by atoms with Gasteiger partial charge in [0.15, 0.2) is 0 Å². The van der Waals surface area contributed by atoms with Crippen LogP contribution in [0.5, 0.6) is 0 Å². The Morgan fingerprint density at radius 1 is 1.28 bits per heavy atom. The molecule has 1 heterocycles. The number of carboxylic acids is 1. The summed E-state index contributed by atoms with van der Waals surface area (Å²) >= 11 is 0. The number of para-hydroxylation sites is 1. The predicted octanol–water partition coefficient (Wildman–Crippen LogP) is 4.00. The van der Waals surface area contributed by atoms with Crippen LogP contribution in [-0.4, -0.2) is 47.1 Å². The highest BCUT2D eigenvalue weighted by Gasteiger charge is 2.17. The van der Waals surface area contributed by atoms with Crippen LogP contribution in [0.3, 0.4) is 0 Å². The smallest absolute Gasteiger partial charge is 0.336 e. The average molecular weight is 341 g/mol. The number of fused-ring (bicyclic) bond motifs is 1. The highest BCUT2D eigenvalue weighted by molar-refractivity contribution is 6.03. The first-order chi connectivity index (χ1) is 12.1. The van der Waals surface area contributed by atoms with Gasteiger partial charge in [-0.05, 0) is 45.0 Å². The zero-order valence-corrected chi connectivity index (χ0v) is 14.9. The molecule has 1 aliphatic carbocycles. The molecule has 1 fully saturated rings. The third-order valence-electron chi connectivity index (χ3n) is 5.14. The van der Waals surface area contributed by atoms with E-state index < -0.39 is 5.97 Å². The third-order valence-corrected chi connectivity index (χ3v) is 5.14. The molecule has 5 heteroatoms. The fraction of sp³-hybridized carbons (Fsp3) is 0.500. The van der Waals surface area contributed by atoms with Gasteiger partial charge in [-0.15, -0.1) is 0 Å². The predicted molar refractivity (Wildman–Crippen MR) is 101 cm³/mol. The van der Waals surface area contributed by atoms with E-state index in [-0.39, 0.29) is 0 Å². The molecule has 0 radical (unpaired) electrons. The lowest BCUT2D eigenvalue weighted by Gasteiger charge is -2.31. The fourth-order valence-corrected chi connectivity index (χ4v) is 3.69. The lowest BCUT2D eigenvalue weighted by molar-refractivity contribution is 0.0699. The summed E-state index contributed by atoms with van der Waals surface area (Å²) in [5.41, 5.74) is 1.01. The molecule has 1 aromatic carbocycles. The Hall–Kier alpha value is -2.14. The maximum Gasteiger partial charge on any atom is 0.336 e. The Kier molecular flexibility index (Phi) is 5.87. The molecule has 1 saturated carbocycles. The normalized spacial score (nSPS) is 15.6. The van der Waals surface area contributed by atoms with Gasteiger partial charge in [-0.2, -0.15) is 0 Å². The number of aromatic carboxylic acids is 1. The van der Waals surface area contributed by atoms with Crippen LogP contribution in [0.25, 0.3) is 10.9 Å². The molecule has 0 amide bonds. The summed E-state index contributed by atoms with van der Waals surface area (Å²) in [6.07, 6.45) is 7.74.